The Morgan fingerprint density at radius 3 is 2.92 bits per heavy atom. The first-order valence-corrected chi connectivity index (χ1v) is 9.28. The molecule has 4 rings (SSSR count). The number of amides is 1. The van der Waals surface area contributed by atoms with E-state index in [4.69, 9.17) is 0 Å². The summed E-state index contributed by atoms with van der Waals surface area (Å²) < 4.78 is 1.68. The number of aromatic nitrogens is 4. The summed E-state index contributed by atoms with van der Waals surface area (Å²) in [5.41, 5.74) is 4.28. The van der Waals surface area contributed by atoms with Gasteiger partial charge in [-0.2, -0.15) is 4.98 Å². The van der Waals surface area contributed by atoms with E-state index in [-0.39, 0.29) is 17.4 Å². The van der Waals surface area contributed by atoms with Crippen LogP contribution in [0.15, 0.2) is 29.4 Å². The molecule has 132 valence electrons. The second-order valence-electron chi connectivity index (χ2n) is 6.28. The number of nitrogens with one attached hydrogen (secondary N) is 1. The van der Waals surface area contributed by atoms with Gasteiger partial charge in [-0.25, -0.2) is 9.50 Å². The molecular formula is C18H17N5O2S. The van der Waals surface area contributed by atoms with Gasteiger partial charge in [0.15, 0.2) is 5.78 Å². The molecule has 0 aliphatic carbocycles. The lowest BCUT2D eigenvalue weighted by Crippen LogP contribution is -2.19. The molecule has 0 fully saturated rings. The number of carbonyl (C=O) groups excluding carboxylic acids is 2. The molecule has 8 heteroatoms. The maximum absolute atomic E-state index is 12.5. The second kappa shape index (κ2) is 6.53. The van der Waals surface area contributed by atoms with Crippen molar-refractivity contribution in [1.82, 2.24) is 19.6 Å². The highest BCUT2D eigenvalue weighted by molar-refractivity contribution is 7.99. The number of thioether (sulfide) groups is 1. The number of benzene rings is 1. The lowest BCUT2D eigenvalue weighted by Gasteiger charge is -2.17. The number of ketones is 1. The number of Topliss-reactive ketones (excluding diaryl/α,β-unsaturated/α-hetero) is 1. The third kappa shape index (κ3) is 3.20. The minimum atomic E-state index is 0.00872. The van der Waals surface area contributed by atoms with Crippen molar-refractivity contribution in [3.8, 4) is 0 Å². The van der Waals surface area contributed by atoms with Gasteiger partial charge in [0.2, 0.25) is 11.1 Å². The molecule has 26 heavy (non-hydrogen) atoms. The Morgan fingerprint density at radius 2 is 2.08 bits per heavy atom. The van der Waals surface area contributed by atoms with Crippen molar-refractivity contribution in [2.45, 2.75) is 31.8 Å². The molecule has 0 radical (unpaired) electrons. The molecular weight excluding hydrogens is 350 g/mol. The van der Waals surface area contributed by atoms with Gasteiger partial charge >= 0.3 is 0 Å². The lowest BCUT2D eigenvalue weighted by atomic mass is 9.99. The summed E-state index contributed by atoms with van der Waals surface area (Å²) in [7, 11) is 0. The summed E-state index contributed by atoms with van der Waals surface area (Å²) in [5, 5.41) is 7.76. The number of anilines is 1. The van der Waals surface area contributed by atoms with E-state index in [2.05, 4.69) is 20.4 Å². The average molecular weight is 367 g/mol. The van der Waals surface area contributed by atoms with Crippen molar-refractivity contribution in [1.29, 1.82) is 0 Å². The fraction of sp³-hybridized carbons (Fsp3) is 0.278. The molecule has 1 aromatic carbocycles. The van der Waals surface area contributed by atoms with Crippen LogP contribution in [0.25, 0.3) is 5.78 Å². The number of fused-ring (bicyclic) bond motifs is 2. The van der Waals surface area contributed by atoms with E-state index in [1.54, 1.807) is 16.6 Å². The van der Waals surface area contributed by atoms with Crippen LogP contribution in [0.5, 0.6) is 0 Å². The topological polar surface area (TPSA) is 89.3 Å². The van der Waals surface area contributed by atoms with Crippen molar-refractivity contribution >= 4 is 34.9 Å². The monoisotopic (exact) mass is 367 g/mol. The Bertz CT molecular complexity index is 1040. The molecule has 3 heterocycles. The van der Waals surface area contributed by atoms with Gasteiger partial charge in [-0.15, -0.1) is 5.10 Å². The molecule has 0 atom stereocenters. The highest BCUT2D eigenvalue weighted by Gasteiger charge is 2.17. The van der Waals surface area contributed by atoms with E-state index in [0.717, 1.165) is 22.6 Å². The summed E-state index contributed by atoms with van der Waals surface area (Å²) in [5.74, 6) is 0.820. The Labute approximate surface area is 154 Å². The van der Waals surface area contributed by atoms with Gasteiger partial charge in [0.05, 0.1) is 5.75 Å². The normalized spacial score (nSPS) is 13.5. The number of hydrogen-bond acceptors (Lipinski definition) is 6. The van der Waals surface area contributed by atoms with E-state index in [1.807, 2.05) is 26.0 Å². The number of hydrogen-bond donors (Lipinski definition) is 1. The van der Waals surface area contributed by atoms with Crippen molar-refractivity contribution < 1.29 is 9.59 Å². The van der Waals surface area contributed by atoms with Crippen molar-refractivity contribution in [3.05, 3.63) is 46.8 Å². The molecule has 1 aliphatic heterocycles. The van der Waals surface area contributed by atoms with E-state index in [1.165, 1.54) is 11.8 Å². The van der Waals surface area contributed by atoms with E-state index < -0.39 is 0 Å². The minimum absolute atomic E-state index is 0.00872. The fourth-order valence-corrected chi connectivity index (χ4v) is 3.69. The van der Waals surface area contributed by atoms with Gasteiger partial charge in [-0.05, 0) is 50.1 Å². The van der Waals surface area contributed by atoms with E-state index in [0.29, 0.717) is 29.3 Å². The Balaban J connectivity index is 1.49. The van der Waals surface area contributed by atoms with Crippen LogP contribution in [0.2, 0.25) is 0 Å². The van der Waals surface area contributed by atoms with Crippen LogP contribution in [-0.4, -0.2) is 37.0 Å². The third-order valence-corrected chi connectivity index (χ3v) is 5.09. The number of rotatable bonds is 4. The Kier molecular flexibility index (Phi) is 4.20. The first-order chi connectivity index (χ1) is 12.5. The maximum Gasteiger partial charge on any atom is 0.253 e. The number of carbonyl (C=O) groups is 2. The Hall–Kier alpha value is -2.74. The molecule has 0 bridgehead atoms. The highest BCUT2D eigenvalue weighted by atomic mass is 32.2. The maximum atomic E-state index is 12.5. The van der Waals surface area contributed by atoms with Gasteiger partial charge in [0.25, 0.3) is 5.78 Å². The van der Waals surface area contributed by atoms with Gasteiger partial charge in [-0.1, -0.05) is 11.8 Å². The molecule has 1 aliphatic rings. The molecule has 1 amide bonds. The van der Waals surface area contributed by atoms with Gasteiger partial charge in [0.1, 0.15) is 0 Å². The summed E-state index contributed by atoms with van der Waals surface area (Å²) in [4.78, 5) is 32.7. The van der Waals surface area contributed by atoms with Crippen molar-refractivity contribution in [2.75, 3.05) is 11.1 Å². The molecule has 0 spiro atoms. The first-order valence-electron chi connectivity index (χ1n) is 8.29. The van der Waals surface area contributed by atoms with E-state index in [9.17, 15) is 9.59 Å². The zero-order chi connectivity index (χ0) is 18.3. The zero-order valence-electron chi connectivity index (χ0n) is 14.4. The van der Waals surface area contributed by atoms with Crippen LogP contribution in [0, 0.1) is 13.8 Å². The molecule has 7 nitrogen and oxygen atoms in total. The largest absolute Gasteiger partial charge is 0.326 e. The first kappa shape index (κ1) is 16.7. The number of aryl methyl sites for hydroxylation is 3. The van der Waals surface area contributed by atoms with Gasteiger partial charge in [-0.3, -0.25) is 9.59 Å². The highest BCUT2D eigenvalue weighted by Crippen LogP contribution is 2.25. The van der Waals surface area contributed by atoms with E-state index >= 15 is 0 Å². The Morgan fingerprint density at radius 1 is 1.23 bits per heavy atom. The van der Waals surface area contributed by atoms with Crippen LogP contribution < -0.4 is 5.32 Å². The second-order valence-corrected chi connectivity index (χ2v) is 7.22. The minimum Gasteiger partial charge on any atom is -0.326 e. The van der Waals surface area contributed by atoms with Crippen LogP contribution >= 0.6 is 11.8 Å². The van der Waals surface area contributed by atoms with Crippen LogP contribution in [-0.2, 0) is 11.2 Å². The fourth-order valence-electron chi connectivity index (χ4n) is 2.98. The van der Waals surface area contributed by atoms with Crippen LogP contribution in [0.1, 0.15) is 33.7 Å². The quantitative estimate of drug-likeness (QED) is 0.563. The molecule has 3 aromatic rings. The summed E-state index contributed by atoms with van der Waals surface area (Å²) in [6.45, 7) is 3.86. The van der Waals surface area contributed by atoms with Crippen molar-refractivity contribution in [2.24, 2.45) is 0 Å². The number of nitrogens with zero attached hydrogens (tertiary/aromatic N) is 4. The van der Waals surface area contributed by atoms with Crippen molar-refractivity contribution in [3.63, 3.8) is 0 Å². The smallest absolute Gasteiger partial charge is 0.253 e. The standard InChI is InChI=1S/C18H17N5O2S/c1-10-7-11(2)23-17(19-10)21-18(22-23)26-9-15(24)13-3-5-14-12(8-13)4-6-16(25)20-14/h3,5,7-8H,4,6,9H2,1-2H3,(H,20,25). The summed E-state index contributed by atoms with van der Waals surface area (Å²) >= 11 is 1.30. The van der Waals surface area contributed by atoms with Crippen LogP contribution in [0.4, 0.5) is 5.69 Å². The molecule has 0 unspecified atom stereocenters. The molecule has 0 saturated heterocycles. The average Bonchev–Trinajstić information content (AvgIpc) is 3.02. The van der Waals surface area contributed by atoms with Gasteiger partial charge in [0, 0.05) is 29.1 Å². The molecule has 1 N–H and O–H groups in total. The molecule has 0 saturated carbocycles. The predicted octanol–water partition coefficient (Wildman–Crippen LogP) is 2.60. The predicted molar refractivity (Wildman–Crippen MR) is 98.7 cm³/mol. The van der Waals surface area contributed by atoms with Crippen LogP contribution in [0.3, 0.4) is 0 Å². The summed E-state index contributed by atoms with van der Waals surface area (Å²) in [6, 6.07) is 7.35. The SMILES string of the molecule is Cc1cc(C)n2nc(SCC(=O)c3ccc4c(c3)CCC(=O)N4)nc2n1. The zero-order valence-corrected chi connectivity index (χ0v) is 15.3. The summed E-state index contributed by atoms with van der Waals surface area (Å²) in [6.07, 6.45) is 1.12. The third-order valence-electron chi connectivity index (χ3n) is 4.25. The van der Waals surface area contributed by atoms with Gasteiger partial charge < -0.3 is 5.32 Å². The lowest BCUT2D eigenvalue weighted by molar-refractivity contribution is -0.116. The molecule has 2 aromatic heterocycles.